The maximum atomic E-state index is 13.1. The summed E-state index contributed by atoms with van der Waals surface area (Å²) in [6, 6.07) is 10.8. The van der Waals surface area contributed by atoms with E-state index in [0.717, 1.165) is 0 Å². The number of nitrogens with one attached hydrogen (secondary N) is 2. The number of amides is 2. The van der Waals surface area contributed by atoms with E-state index in [-0.39, 0.29) is 30.7 Å². The van der Waals surface area contributed by atoms with Crippen molar-refractivity contribution in [1.82, 2.24) is 10.6 Å². The molecule has 0 saturated heterocycles. The van der Waals surface area contributed by atoms with Gasteiger partial charge < -0.3 is 20.1 Å². The first-order chi connectivity index (χ1) is 13.0. The lowest BCUT2D eigenvalue weighted by Crippen LogP contribution is -2.34. The zero-order valence-corrected chi connectivity index (χ0v) is 15.1. The first kappa shape index (κ1) is 20.0. The van der Waals surface area contributed by atoms with E-state index in [1.165, 1.54) is 38.5 Å². The van der Waals surface area contributed by atoms with Gasteiger partial charge in [-0.15, -0.1) is 0 Å². The summed E-state index contributed by atoms with van der Waals surface area (Å²) in [5.74, 6) is 0.00269. The SMILES string of the molecule is COc1ccc(C(=O)NCCNC(=O)/C=C/c2cccc(F)c2)cc1OC. The number of hydrogen-bond donors (Lipinski definition) is 2. The van der Waals surface area contributed by atoms with E-state index in [2.05, 4.69) is 10.6 Å². The van der Waals surface area contributed by atoms with E-state index in [0.29, 0.717) is 22.6 Å². The molecule has 0 aromatic heterocycles. The van der Waals surface area contributed by atoms with Crippen molar-refractivity contribution < 1.29 is 23.5 Å². The Morgan fingerprint density at radius 2 is 1.74 bits per heavy atom. The van der Waals surface area contributed by atoms with Crippen LogP contribution in [-0.4, -0.2) is 39.1 Å². The molecule has 0 aliphatic rings. The number of ether oxygens (including phenoxy) is 2. The van der Waals surface area contributed by atoms with Gasteiger partial charge in [0.25, 0.3) is 5.91 Å². The molecular weight excluding hydrogens is 351 g/mol. The van der Waals surface area contributed by atoms with Crippen molar-refractivity contribution in [3.8, 4) is 11.5 Å². The molecule has 0 saturated carbocycles. The Labute approximate surface area is 157 Å². The fraction of sp³-hybridized carbons (Fsp3) is 0.200. The Morgan fingerprint density at radius 3 is 2.44 bits per heavy atom. The van der Waals surface area contributed by atoms with Crippen molar-refractivity contribution in [1.29, 1.82) is 0 Å². The normalized spacial score (nSPS) is 10.5. The van der Waals surface area contributed by atoms with Gasteiger partial charge >= 0.3 is 0 Å². The Morgan fingerprint density at radius 1 is 1.00 bits per heavy atom. The lowest BCUT2D eigenvalue weighted by Gasteiger charge is -2.10. The average Bonchev–Trinajstić information content (AvgIpc) is 2.69. The Hall–Kier alpha value is -3.35. The van der Waals surface area contributed by atoms with Gasteiger partial charge in [-0.25, -0.2) is 4.39 Å². The molecule has 0 atom stereocenters. The van der Waals surface area contributed by atoms with Crippen LogP contribution >= 0.6 is 0 Å². The van der Waals surface area contributed by atoms with Crippen LogP contribution in [-0.2, 0) is 4.79 Å². The van der Waals surface area contributed by atoms with Crippen LogP contribution in [0, 0.1) is 5.82 Å². The summed E-state index contributed by atoms with van der Waals surface area (Å²) in [5.41, 5.74) is 1.01. The van der Waals surface area contributed by atoms with Crippen molar-refractivity contribution in [2.75, 3.05) is 27.3 Å². The van der Waals surface area contributed by atoms with Gasteiger partial charge in [0.15, 0.2) is 11.5 Å². The molecule has 0 heterocycles. The third-order valence-electron chi connectivity index (χ3n) is 3.63. The largest absolute Gasteiger partial charge is 0.493 e. The molecule has 0 spiro atoms. The van der Waals surface area contributed by atoms with Gasteiger partial charge in [-0.3, -0.25) is 9.59 Å². The van der Waals surface area contributed by atoms with Gasteiger partial charge in [0.2, 0.25) is 5.91 Å². The summed E-state index contributed by atoms with van der Waals surface area (Å²) < 4.78 is 23.3. The minimum Gasteiger partial charge on any atom is -0.493 e. The van der Waals surface area contributed by atoms with Crippen LogP contribution in [0.2, 0.25) is 0 Å². The molecule has 2 amide bonds. The van der Waals surface area contributed by atoms with E-state index in [9.17, 15) is 14.0 Å². The molecule has 2 aromatic carbocycles. The second-order valence-electron chi connectivity index (χ2n) is 5.51. The molecule has 0 unspecified atom stereocenters. The number of rotatable bonds is 8. The highest BCUT2D eigenvalue weighted by Gasteiger charge is 2.10. The topological polar surface area (TPSA) is 76.7 Å². The summed E-state index contributed by atoms with van der Waals surface area (Å²) >= 11 is 0. The fourth-order valence-corrected chi connectivity index (χ4v) is 2.28. The predicted molar refractivity (Wildman–Crippen MR) is 100 cm³/mol. The van der Waals surface area contributed by atoms with E-state index in [1.807, 2.05) is 0 Å². The van der Waals surface area contributed by atoms with Crippen LogP contribution in [0.3, 0.4) is 0 Å². The molecule has 0 aliphatic carbocycles. The minimum absolute atomic E-state index is 0.255. The summed E-state index contributed by atoms with van der Waals surface area (Å²) in [5, 5.41) is 5.34. The third kappa shape index (κ3) is 6.14. The van der Waals surface area contributed by atoms with Crippen LogP contribution in [0.15, 0.2) is 48.5 Å². The molecule has 2 aromatic rings. The first-order valence-corrected chi connectivity index (χ1v) is 8.25. The molecule has 2 N–H and O–H groups in total. The number of benzene rings is 2. The van der Waals surface area contributed by atoms with Crippen LogP contribution in [0.5, 0.6) is 11.5 Å². The lowest BCUT2D eigenvalue weighted by molar-refractivity contribution is -0.116. The second kappa shape index (κ2) is 9.96. The second-order valence-corrected chi connectivity index (χ2v) is 5.51. The maximum Gasteiger partial charge on any atom is 0.251 e. The maximum absolute atomic E-state index is 13.1. The lowest BCUT2D eigenvalue weighted by atomic mass is 10.2. The van der Waals surface area contributed by atoms with Crippen molar-refractivity contribution in [2.24, 2.45) is 0 Å². The molecule has 0 radical (unpaired) electrons. The molecular formula is C20H21FN2O4. The highest BCUT2D eigenvalue weighted by atomic mass is 19.1. The van der Waals surface area contributed by atoms with Crippen LogP contribution in [0.4, 0.5) is 4.39 Å². The van der Waals surface area contributed by atoms with Crippen LogP contribution < -0.4 is 20.1 Å². The molecule has 142 valence electrons. The predicted octanol–water partition coefficient (Wildman–Crippen LogP) is 2.40. The van der Waals surface area contributed by atoms with E-state index < -0.39 is 0 Å². The zero-order chi connectivity index (χ0) is 19.6. The molecule has 27 heavy (non-hydrogen) atoms. The van der Waals surface area contributed by atoms with Gasteiger partial charge in [0.05, 0.1) is 14.2 Å². The number of halogens is 1. The first-order valence-electron chi connectivity index (χ1n) is 8.25. The van der Waals surface area contributed by atoms with Gasteiger partial charge in [0.1, 0.15) is 5.82 Å². The smallest absolute Gasteiger partial charge is 0.251 e. The van der Waals surface area contributed by atoms with Gasteiger partial charge in [-0.1, -0.05) is 12.1 Å². The average molecular weight is 372 g/mol. The molecule has 6 nitrogen and oxygen atoms in total. The summed E-state index contributed by atoms with van der Waals surface area (Å²) in [4.78, 5) is 23.9. The van der Waals surface area contributed by atoms with Crippen molar-refractivity contribution in [3.05, 3.63) is 65.5 Å². The summed E-state index contributed by atoms with van der Waals surface area (Å²) in [7, 11) is 3.01. The monoisotopic (exact) mass is 372 g/mol. The van der Waals surface area contributed by atoms with Crippen molar-refractivity contribution in [3.63, 3.8) is 0 Å². The molecule has 7 heteroatoms. The third-order valence-corrected chi connectivity index (χ3v) is 3.63. The summed E-state index contributed by atoms with van der Waals surface area (Å²) in [6.07, 6.45) is 2.82. The van der Waals surface area contributed by atoms with Crippen molar-refractivity contribution in [2.45, 2.75) is 0 Å². The molecule has 0 bridgehead atoms. The molecule has 0 aliphatic heterocycles. The molecule has 2 rings (SSSR count). The number of carbonyl (C=O) groups excluding carboxylic acids is 2. The van der Waals surface area contributed by atoms with Crippen LogP contribution in [0.25, 0.3) is 6.08 Å². The van der Waals surface area contributed by atoms with E-state index in [4.69, 9.17) is 9.47 Å². The standard InChI is InChI=1S/C20H21FN2O4/c1-26-17-8-7-15(13-18(17)27-2)20(25)23-11-10-22-19(24)9-6-14-4-3-5-16(21)12-14/h3-9,12-13H,10-11H2,1-2H3,(H,22,24)(H,23,25)/b9-6+. The van der Waals surface area contributed by atoms with Gasteiger partial charge in [0, 0.05) is 24.7 Å². The van der Waals surface area contributed by atoms with Crippen LogP contribution in [0.1, 0.15) is 15.9 Å². The zero-order valence-electron chi connectivity index (χ0n) is 15.1. The molecule has 0 fully saturated rings. The summed E-state index contributed by atoms with van der Waals surface area (Å²) in [6.45, 7) is 0.512. The fourth-order valence-electron chi connectivity index (χ4n) is 2.28. The van der Waals surface area contributed by atoms with Crippen molar-refractivity contribution >= 4 is 17.9 Å². The Kier molecular flexibility index (Phi) is 7.37. The van der Waals surface area contributed by atoms with E-state index >= 15 is 0 Å². The highest BCUT2D eigenvalue weighted by Crippen LogP contribution is 2.27. The Bertz CT molecular complexity index is 836. The number of methoxy groups -OCH3 is 2. The number of hydrogen-bond acceptors (Lipinski definition) is 4. The Balaban J connectivity index is 1.77. The number of carbonyl (C=O) groups is 2. The van der Waals surface area contributed by atoms with Gasteiger partial charge in [-0.05, 0) is 42.0 Å². The highest BCUT2D eigenvalue weighted by molar-refractivity contribution is 5.95. The minimum atomic E-state index is -0.365. The van der Waals surface area contributed by atoms with Gasteiger partial charge in [-0.2, -0.15) is 0 Å². The van der Waals surface area contributed by atoms with E-state index in [1.54, 1.807) is 30.3 Å². The quantitative estimate of drug-likeness (QED) is 0.551.